The summed E-state index contributed by atoms with van der Waals surface area (Å²) in [5, 5.41) is 16.5. The maximum Gasteiger partial charge on any atom is 0.303 e. The second-order valence-corrected chi connectivity index (χ2v) is 6.18. The van der Waals surface area contributed by atoms with E-state index in [2.05, 4.69) is 10.4 Å². The highest BCUT2D eigenvalue weighted by Gasteiger charge is 2.09. The first-order valence-electron chi connectivity index (χ1n) is 8.93. The number of anilines is 1. The van der Waals surface area contributed by atoms with Gasteiger partial charge in [-0.1, -0.05) is 30.3 Å². The predicted octanol–water partition coefficient (Wildman–Crippen LogP) is 3.44. The van der Waals surface area contributed by atoms with E-state index < -0.39 is 5.97 Å². The van der Waals surface area contributed by atoms with E-state index in [1.54, 1.807) is 6.20 Å². The summed E-state index contributed by atoms with van der Waals surface area (Å²) < 4.78 is 7.81. The van der Waals surface area contributed by atoms with E-state index >= 15 is 0 Å². The molecule has 2 aromatic carbocycles. The Morgan fingerprint density at radius 2 is 2.00 bits per heavy atom. The lowest BCUT2D eigenvalue weighted by Gasteiger charge is -2.14. The number of nitrogens with one attached hydrogen (secondary N) is 1. The average Bonchev–Trinajstić information content (AvgIpc) is 3.18. The molecule has 6 nitrogen and oxygen atoms in total. The van der Waals surface area contributed by atoms with Crippen molar-refractivity contribution in [2.45, 2.75) is 19.4 Å². The van der Waals surface area contributed by atoms with Crippen LogP contribution in [0.5, 0.6) is 5.75 Å². The minimum atomic E-state index is -0.813. The molecule has 0 spiro atoms. The third kappa shape index (κ3) is 5.88. The van der Waals surface area contributed by atoms with Gasteiger partial charge in [-0.25, -0.2) is 0 Å². The van der Waals surface area contributed by atoms with Gasteiger partial charge in [-0.2, -0.15) is 5.10 Å². The maximum atomic E-state index is 10.9. The van der Waals surface area contributed by atoms with Crippen molar-refractivity contribution in [2.24, 2.45) is 0 Å². The lowest BCUT2D eigenvalue weighted by molar-refractivity contribution is -0.136. The lowest BCUT2D eigenvalue weighted by Crippen LogP contribution is -2.13. The summed E-state index contributed by atoms with van der Waals surface area (Å²) in [4.78, 5) is 10.9. The van der Waals surface area contributed by atoms with Crippen LogP contribution in [0.1, 0.15) is 17.5 Å². The van der Waals surface area contributed by atoms with E-state index in [4.69, 9.17) is 9.84 Å². The molecule has 3 aromatic rings. The molecule has 0 saturated carbocycles. The molecule has 6 heteroatoms. The minimum absolute atomic E-state index is 0.0805. The molecule has 0 aliphatic heterocycles. The van der Waals surface area contributed by atoms with Crippen LogP contribution in [-0.4, -0.2) is 34.0 Å². The summed E-state index contributed by atoms with van der Waals surface area (Å²) in [5.74, 6) is -0.0805. The lowest BCUT2D eigenvalue weighted by atomic mass is 10.1. The zero-order valence-corrected chi connectivity index (χ0v) is 15.0. The number of aliphatic carboxylic acids is 1. The summed E-state index contributed by atoms with van der Waals surface area (Å²) in [5.41, 5.74) is 3.00. The van der Waals surface area contributed by atoms with Gasteiger partial charge in [-0.05, 0) is 41.8 Å². The Hall–Kier alpha value is -3.28. The Balaban J connectivity index is 1.63. The Kier molecular flexibility index (Phi) is 6.46. The number of carboxylic acids is 1. The normalized spacial score (nSPS) is 10.5. The molecule has 27 heavy (non-hydrogen) atoms. The van der Waals surface area contributed by atoms with Crippen LogP contribution in [0, 0.1) is 0 Å². The third-order valence-corrected chi connectivity index (χ3v) is 4.11. The number of carboxylic acid groups (broad SMARTS) is 1. The van der Waals surface area contributed by atoms with Crippen LogP contribution in [0.4, 0.5) is 5.69 Å². The van der Waals surface area contributed by atoms with Crippen LogP contribution >= 0.6 is 0 Å². The van der Waals surface area contributed by atoms with Crippen LogP contribution in [0.3, 0.4) is 0 Å². The van der Waals surface area contributed by atoms with E-state index in [1.165, 1.54) is 0 Å². The molecule has 0 saturated heterocycles. The number of ether oxygens (including phenoxy) is 1. The minimum Gasteiger partial charge on any atom is -0.491 e. The molecule has 0 aliphatic rings. The van der Waals surface area contributed by atoms with Gasteiger partial charge in [0.2, 0.25) is 0 Å². The van der Waals surface area contributed by atoms with E-state index in [0.717, 1.165) is 22.6 Å². The first-order chi connectivity index (χ1) is 13.2. The Morgan fingerprint density at radius 3 is 2.74 bits per heavy atom. The number of hydrogen-bond donors (Lipinski definition) is 2. The van der Waals surface area contributed by atoms with Gasteiger partial charge in [-0.3, -0.25) is 9.48 Å². The van der Waals surface area contributed by atoms with Gasteiger partial charge < -0.3 is 15.2 Å². The number of aromatic nitrogens is 2. The molecule has 1 aromatic heterocycles. The summed E-state index contributed by atoms with van der Waals surface area (Å²) in [6.45, 7) is 1.79. The van der Waals surface area contributed by atoms with Crippen LogP contribution < -0.4 is 10.1 Å². The van der Waals surface area contributed by atoms with E-state index in [1.807, 2.05) is 65.5 Å². The van der Waals surface area contributed by atoms with Crippen LogP contribution in [0.15, 0.2) is 67.0 Å². The highest BCUT2D eigenvalue weighted by atomic mass is 16.5. The number of carbonyl (C=O) groups is 1. The molecule has 0 aliphatic carbocycles. The van der Waals surface area contributed by atoms with Crippen molar-refractivity contribution in [2.75, 3.05) is 18.5 Å². The van der Waals surface area contributed by atoms with Crippen molar-refractivity contribution >= 4 is 11.7 Å². The molecule has 0 amide bonds. The summed E-state index contributed by atoms with van der Waals surface area (Å²) >= 11 is 0. The van der Waals surface area contributed by atoms with Gasteiger partial charge in [0.25, 0.3) is 0 Å². The Labute approximate surface area is 158 Å². The standard InChI is InChI=1S/C21H23N3O3/c25-21(26)10-9-18-8-7-17(16-24-13-4-11-23-24)15-20(18)27-14-12-22-19-5-2-1-3-6-19/h1-8,11,13,15,22H,9-10,12,14,16H2,(H,25,26). The molecular weight excluding hydrogens is 342 g/mol. The Bertz CT molecular complexity index is 848. The highest BCUT2D eigenvalue weighted by molar-refractivity contribution is 5.67. The molecular formula is C21H23N3O3. The average molecular weight is 365 g/mol. The number of nitrogens with zero attached hydrogens (tertiary/aromatic N) is 2. The van der Waals surface area contributed by atoms with Gasteiger partial charge in [0.15, 0.2) is 0 Å². The maximum absolute atomic E-state index is 10.9. The van der Waals surface area contributed by atoms with Crippen molar-refractivity contribution in [1.82, 2.24) is 9.78 Å². The zero-order chi connectivity index (χ0) is 18.9. The van der Waals surface area contributed by atoms with Gasteiger partial charge in [-0.15, -0.1) is 0 Å². The fourth-order valence-corrected chi connectivity index (χ4v) is 2.77. The van der Waals surface area contributed by atoms with Crippen LogP contribution in [0.25, 0.3) is 0 Å². The first-order valence-corrected chi connectivity index (χ1v) is 8.93. The van der Waals surface area contributed by atoms with Crippen molar-refractivity contribution < 1.29 is 14.6 Å². The number of benzene rings is 2. The van der Waals surface area contributed by atoms with Gasteiger partial charge in [0, 0.05) is 31.0 Å². The molecule has 2 N–H and O–H groups in total. The van der Waals surface area contributed by atoms with E-state index in [-0.39, 0.29) is 6.42 Å². The topological polar surface area (TPSA) is 76.4 Å². The fourth-order valence-electron chi connectivity index (χ4n) is 2.77. The first kappa shape index (κ1) is 18.5. The molecule has 140 valence electrons. The predicted molar refractivity (Wildman–Crippen MR) is 104 cm³/mol. The molecule has 0 radical (unpaired) electrons. The molecule has 0 unspecified atom stereocenters. The summed E-state index contributed by atoms with van der Waals surface area (Å²) in [6, 6.07) is 17.7. The van der Waals surface area contributed by atoms with E-state index in [0.29, 0.717) is 26.1 Å². The fraction of sp³-hybridized carbons (Fsp3) is 0.238. The second-order valence-electron chi connectivity index (χ2n) is 6.18. The molecule has 0 fully saturated rings. The van der Waals surface area contributed by atoms with Crippen LogP contribution in [-0.2, 0) is 17.8 Å². The van der Waals surface area contributed by atoms with Crippen LogP contribution in [0.2, 0.25) is 0 Å². The summed E-state index contributed by atoms with van der Waals surface area (Å²) in [6.07, 6.45) is 4.17. The van der Waals surface area contributed by atoms with Gasteiger partial charge in [0.05, 0.1) is 6.54 Å². The number of para-hydroxylation sites is 1. The highest BCUT2D eigenvalue weighted by Crippen LogP contribution is 2.23. The monoisotopic (exact) mass is 365 g/mol. The van der Waals surface area contributed by atoms with E-state index in [9.17, 15) is 4.79 Å². The van der Waals surface area contributed by atoms with Crippen molar-refractivity contribution in [3.8, 4) is 5.75 Å². The molecule has 1 heterocycles. The SMILES string of the molecule is O=C(O)CCc1ccc(Cn2cccn2)cc1OCCNc1ccccc1. The summed E-state index contributed by atoms with van der Waals surface area (Å²) in [7, 11) is 0. The largest absolute Gasteiger partial charge is 0.491 e. The zero-order valence-electron chi connectivity index (χ0n) is 15.0. The number of aryl methyl sites for hydroxylation is 1. The molecule has 0 atom stereocenters. The quantitative estimate of drug-likeness (QED) is 0.538. The van der Waals surface area contributed by atoms with Crippen molar-refractivity contribution in [1.29, 1.82) is 0 Å². The van der Waals surface area contributed by atoms with Crippen molar-refractivity contribution in [3.63, 3.8) is 0 Å². The number of rotatable bonds is 10. The van der Waals surface area contributed by atoms with Gasteiger partial charge in [0.1, 0.15) is 12.4 Å². The second kappa shape index (κ2) is 9.43. The van der Waals surface area contributed by atoms with Gasteiger partial charge >= 0.3 is 5.97 Å². The molecule has 0 bridgehead atoms. The Morgan fingerprint density at radius 1 is 1.15 bits per heavy atom. The smallest absolute Gasteiger partial charge is 0.303 e. The van der Waals surface area contributed by atoms with Crippen molar-refractivity contribution in [3.05, 3.63) is 78.1 Å². The third-order valence-electron chi connectivity index (χ3n) is 4.11. The molecule has 3 rings (SSSR count). The number of hydrogen-bond acceptors (Lipinski definition) is 4.